The van der Waals surface area contributed by atoms with Crippen LogP contribution in [0.25, 0.3) is 0 Å². The summed E-state index contributed by atoms with van der Waals surface area (Å²) in [6, 6.07) is 0. The first-order chi connectivity index (χ1) is 9.36. The van der Waals surface area contributed by atoms with Gasteiger partial charge in [0, 0.05) is 23.8 Å². The molecule has 1 heterocycles. The van der Waals surface area contributed by atoms with Gasteiger partial charge in [-0.25, -0.2) is 19.2 Å². The van der Waals surface area contributed by atoms with Gasteiger partial charge in [-0.2, -0.15) is 0 Å². The predicted molar refractivity (Wildman–Crippen MR) is 67.5 cm³/mol. The fourth-order valence-corrected chi connectivity index (χ4v) is 0.942. The van der Waals surface area contributed by atoms with E-state index in [2.05, 4.69) is 9.47 Å². The van der Waals surface area contributed by atoms with E-state index in [0.717, 1.165) is 25.0 Å². The van der Waals surface area contributed by atoms with Crippen LogP contribution in [-0.2, 0) is 28.7 Å². The quantitative estimate of drug-likeness (QED) is 0.347. The van der Waals surface area contributed by atoms with Gasteiger partial charge in [0.25, 0.3) is 0 Å². The highest BCUT2D eigenvalue weighted by atomic mass is 16.6. The number of esters is 3. The Labute approximate surface area is 115 Å². The van der Waals surface area contributed by atoms with Gasteiger partial charge in [0.15, 0.2) is 0 Å². The van der Waals surface area contributed by atoms with Crippen LogP contribution in [0.4, 0.5) is 0 Å². The van der Waals surface area contributed by atoms with E-state index in [0.29, 0.717) is 12.2 Å². The third-order valence-corrected chi connectivity index (χ3v) is 1.95. The zero-order valence-electron chi connectivity index (χ0n) is 11.3. The normalized spacial score (nSPS) is 13.4. The Morgan fingerprint density at radius 1 is 1.35 bits per heavy atom. The summed E-state index contributed by atoms with van der Waals surface area (Å²) in [6.07, 6.45) is 4.57. The molecule has 0 radical (unpaired) electrons. The minimum atomic E-state index is -1.15. The van der Waals surface area contributed by atoms with E-state index in [4.69, 9.17) is 5.11 Å². The van der Waals surface area contributed by atoms with Crippen molar-refractivity contribution in [2.75, 3.05) is 6.61 Å². The van der Waals surface area contributed by atoms with Crippen molar-refractivity contribution in [2.45, 2.75) is 26.7 Å². The van der Waals surface area contributed by atoms with Crippen LogP contribution in [0.3, 0.4) is 0 Å². The molecule has 7 nitrogen and oxygen atoms in total. The maximum Gasteiger partial charge on any atom is 0.341 e. The number of hydrogen-bond donors (Lipinski definition) is 1. The van der Waals surface area contributed by atoms with Crippen LogP contribution < -0.4 is 0 Å². The maximum atomic E-state index is 10.6. The number of hydrogen-bond acceptors (Lipinski definition) is 6. The lowest BCUT2D eigenvalue weighted by Gasteiger charge is -1.97. The van der Waals surface area contributed by atoms with Crippen molar-refractivity contribution in [2.24, 2.45) is 0 Å². The monoisotopic (exact) mass is 284 g/mol. The largest absolute Gasteiger partial charge is 0.478 e. The second-order valence-electron chi connectivity index (χ2n) is 3.73. The molecule has 0 bridgehead atoms. The van der Waals surface area contributed by atoms with Crippen LogP contribution in [-0.4, -0.2) is 35.6 Å². The number of cyclic esters (lactones) is 2. The van der Waals surface area contributed by atoms with Crippen molar-refractivity contribution >= 4 is 23.9 Å². The van der Waals surface area contributed by atoms with Crippen molar-refractivity contribution in [1.29, 1.82) is 0 Å². The van der Waals surface area contributed by atoms with Crippen LogP contribution in [0.15, 0.2) is 23.8 Å². The Morgan fingerprint density at radius 3 is 2.35 bits per heavy atom. The van der Waals surface area contributed by atoms with Crippen molar-refractivity contribution < 1.29 is 33.8 Å². The number of rotatable bonds is 5. The smallest absolute Gasteiger partial charge is 0.341 e. The molecule has 0 aromatic carbocycles. The first-order valence-electron chi connectivity index (χ1n) is 5.89. The van der Waals surface area contributed by atoms with E-state index in [1.54, 1.807) is 0 Å². The fourth-order valence-electron chi connectivity index (χ4n) is 0.942. The molecule has 110 valence electrons. The second kappa shape index (κ2) is 9.48. The lowest BCUT2D eigenvalue weighted by molar-refractivity contribution is -0.150. The molecule has 0 amide bonds. The molecular weight excluding hydrogens is 268 g/mol. The van der Waals surface area contributed by atoms with Crippen molar-refractivity contribution in [3.8, 4) is 0 Å². The van der Waals surface area contributed by atoms with Gasteiger partial charge in [0.1, 0.15) is 0 Å². The summed E-state index contributed by atoms with van der Waals surface area (Å²) < 4.78 is 8.75. The third-order valence-electron chi connectivity index (χ3n) is 1.95. The number of ether oxygens (including phenoxy) is 2. The van der Waals surface area contributed by atoms with Gasteiger partial charge < -0.3 is 14.6 Å². The molecule has 1 N–H and O–H groups in total. The molecule has 0 spiro atoms. The molecule has 0 fully saturated rings. The van der Waals surface area contributed by atoms with Crippen molar-refractivity contribution in [1.82, 2.24) is 0 Å². The average molecular weight is 284 g/mol. The molecule has 1 rings (SSSR count). The summed E-state index contributed by atoms with van der Waals surface area (Å²) in [5.41, 5.74) is 0.370. The number of aliphatic carboxylic acids is 1. The van der Waals surface area contributed by atoms with E-state index in [1.807, 2.05) is 6.92 Å². The molecule has 0 atom stereocenters. The van der Waals surface area contributed by atoms with E-state index in [9.17, 15) is 19.2 Å². The summed E-state index contributed by atoms with van der Waals surface area (Å²) in [5, 5.41) is 8.14. The van der Waals surface area contributed by atoms with Gasteiger partial charge in [-0.15, -0.1) is 0 Å². The van der Waals surface area contributed by atoms with Crippen LogP contribution in [0.5, 0.6) is 0 Å². The third kappa shape index (κ3) is 8.62. The fraction of sp³-hybridized carbons (Fsp3) is 0.385. The second-order valence-corrected chi connectivity index (χ2v) is 3.73. The van der Waals surface area contributed by atoms with Gasteiger partial charge in [-0.3, -0.25) is 0 Å². The maximum absolute atomic E-state index is 10.6. The van der Waals surface area contributed by atoms with Gasteiger partial charge in [0.2, 0.25) is 0 Å². The summed E-state index contributed by atoms with van der Waals surface area (Å²) >= 11 is 0. The first-order valence-corrected chi connectivity index (χ1v) is 5.89. The number of carboxylic acid groups (broad SMARTS) is 1. The van der Waals surface area contributed by atoms with E-state index in [1.165, 1.54) is 13.0 Å². The number of carbonyl (C=O) groups excluding carboxylic acids is 3. The zero-order valence-corrected chi connectivity index (χ0v) is 11.3. The molecule has 0 aliphatic carbocycles. The first kappa shape index (κ1) is 17.6. The summed E-state index contributed by atoms with van der Waals surface area (Å²) in [5.74, 6) is -2.85. The van der Waals surface area contributed by atoms with Crippen LogP contribution in [0.2, 0.25) is 0 Å². The molecule has 7 heteroatoms. The van der Waals surface area contributed by atoms with E-state index in [-0.39, 0.29) is 0 Å². The Balaban J connectivity index is 0.000000388. The number of carboxylic acids is 1. The zero-order chi connectivity index (χ0) is 15.5. The predicted octanol–water partition coefficient (Wildman–Crippen LogP) is 0.987. The van der Waals surface area contributed by atoms with Gasteiger partial charge in [0.05, 0.1) is 6.61 Å². The summed E-state index contributed by atoms with van der Waals surface area (Å²) in [7, 11) is 0. The molecule has 0 unspecified atom stereocenters. The lowest BCUT2D eigenvalue weighted by Crippen LogP contribution is -2.02. The highest BCUT2D eigenvalue weighted by molar-refractivity contribution is 6.08. The molecule has 1 aliphatic rings. The van der Waals surface area contributed by atoms with E-state index >= 15 is 0 Å². The summed E-state index contributed by atoms with van der Waals surface area (Å²) in [4.78, 5) is 41.0. The number of carbonyl (C=O) groups is 4. The molecule has 0 saturated carbocycles. The van der Waals surface area contributed by atoms with Crippen molar-refractivity contribution in [3.63, 3.8) is 0 Å². The Bertz CT molecular complexity index is 446. The van der Waals surface area contributed by atoms with Gasteiger partial charge in [-0.05, 0) is 13.3 Å². The van der Waals surface area contributed by atoms with Crippen LogP contribution in [0, 0.1) is 0 Å². The van der Waals surface area contributed by atoms with Gasteiger partial charge in [-0.1, -0.05) is 13.3 Å². The topological polar surface area (TPSA) is 107 Å². The molecule has 1 aliphatic heterocycles. The Morgan fingerprint density at radius 2 is 2.00 bits per heavy atom. The minimum Gasteiger partial charge on any atom is -0.478 e. The minimum absolute atomic E-state index is 0.347. The Hall–Kier alpha value is -2.44. The average Bonchev–Trinajstić information content (AvgIpc) is 2.65. The van der Waals surface area contributed by atoms with Gasteiger partial charge >= 0.3 is 23.9 Å². The molecule has 0 aromatic rings. The highest BCUT2D eigenvalue weighted by Crippen LogP contribution is 2.04. The lowest BCUT2D eigenvalue weighted by atomic mass is 10.3. The standard InChI is InChI=1S/C8H12O4.C5H4O3/c1-2-3-6-12-8(11)5-4-7(9)10;1-3-2-4(6)8-5(3)7/h4-5H,2-3,6H2,1H3,(H,9,10);2H,1H3/b5-4+;. The van der Waals surface area contributed by atoms with Crippen LogP contribution >= 0.6 is 0 Å². The summed E-state index contributed by atoms with van der Waals surface area (Å²) in [6.45, 7) is 3.85. The molecular formula is C13H16O7. The molecule has 0 aromatic heterocycles. The SMILES string of the molecule is CC1=CC(=O)OC1=O.CCCCOC(=O)/C=C/C(=O)O. The van der Waals surface area contributed by atoms with E-state index < -0.39 is 23.9 Å². The molecule has 0 saturated heterocycles. The highest BCUT2D eigenvalue weighted by Gasteiger charge is 2.18. The van der Waals surface area contributed by atoms with Crippen molar-refractivity contribution in [3.05, 3.63) is 23.8 Å². The Kier molecular flexibility index (Phi) is 8.33. The number of unbranched alkanes of at least 4 members (excludes halogenated alkanes) is 1. The molecule has 20 heavy (non-hydrogen) atoms. The van der Waals surface area contributed by atoms with Crippen LogP contribution in [0.1, 0.15) is 26.7 Å².